The first-order chi connectivity index (χ1) is 9.23. The predicted octanol–water partition coefficient (Wildman–Crippen LogP) is 1.61. The van der Waals surface area contributed by atoms with Crippen LogP contribution in [0, 0.1) is 11.2 Å². The molecule has 2 N–H and O–H groups in total. The maximum Gasteiger partial charge on any atom is 0.244 e. The van der Waals surface area contributed by atoms with Gasteiger partial charge in [-0.15, -0.1) is 0 Å². The second-order valence-electron chi connectivity index (χ2n) is 5.55. The Morgan fingerprint density at radius 1 is 1.40 bits per heavy atom. The van der Waals surface area contributed by atoms with Crippen LogP contribution in [0.4, 0.5) is 4.39 Å². The minimum Gasteiger partial charge on any atom is -0.330 e. The van der Waals surface area contributed by atoms with Crippen LogP contribution in [-0.2, 0) is 10.0 Å². The summed E-state index contributed by atoms with van der Waals surface area (Å²) in [7, 11) is -3.75. The van der Waals surface area contributed by atoms with Gasteiger partial charge in [-0.3, -0.25) is 4.98 Å². The zero-order valence-corrected chi connectivity index (χ0v) is 13.0. The first-order valence-corrected chi connectivity index (χ1v) is 7.98. The molecule has 0 saturated heterocycles. The third-order valence-electron chi connectivity index (χ3n) is 2.95. The molecule has 1 rings (SSSR count). The number of nitrogens with zero attached hydrogens (tertiary/aromatic N) is 2. The van der Waals surface area contributed by atoms with Crippen molar-refractivity contribution >= 4 is 10.0 Å². The highest BCUT2D eigenvalue weighted by Gasteiger charge is 2.30. The number of halogens is 1. The molecule has 1 aromatic heterocycles. The molecule has 0 radical (unpaired) electrons. The lowest BCUT2D eigenvalue weighted by atomic mass is 9.94. The predicted molar refractivity (Wildman–Crippen MR) is 76.1 cm³/mol. The Morgan fingerprint density at radius 2 is 2.05 bits per heavy atom. The van der Waals surface area contributed by atoms with Crippen LogP contribution in [0.5, 0.6) is 0 Å². The van der Waals surface area contributed by atoms with Crippen molar-refractivity contribution in [1.82, 2.24) is 9.29 Å². The Balaban J connectivity index is 3.12. The number of pyridine rings is 1. The molecule has 0 saturated carbocycles. The summed E-state index contributed by atoms with van der Waals surface area (Å²) in [6, 6.07) is 0.987. The second-order valence-corrected chi connectivity index (χ2v) is 7.48. The topological polar surface area (TPSA) is 76.3 Å². The van der Waals surface area contributed by atoms with Gasteiger partial charge in [-0.05, 0) is 24.4 Å². The molecule has 0 fully saturated rings. The number of hydrogen-bond donors (Lipinski definition) is 1. The van der Waals surface area contributed by atoms with E-state index in [9.17, 15) is 12.8 Å². The lowest BCUT2D eigenvalue weighted by molar-refractivity contribution is 0.266. The van der Waals surface area contributed by atoms with E-state index in [1.807, 2.05) is 20.8 Å². The molecular weight excluding hydrogens is 281 g/mol. The fraction of sp³-hybridized carbons (Fsp3) is 0.615. The zero-order chi connectivity index (χ0) is 15.4. The highest BCUT2D eigenvalue weighted by molar-refractivity contribution is 7.89. The van der Waals surface area contributed by atoms with Gasteiger partial charge in [-0.1, -0.05) is 20.8 Å². The van der Waals surface area contributed by atoms with Crippen molar-refractivity contribution in [1.29, 1.82) is 0 Å². The normalized spacial score (nSPS) is 12.9. The number of nitrogens with two attached hydrogens (primary N) is 1. The van der Waals surface area contributed by atoms with Gasteiger partial charge >= 0.3 is 0 Å². The second kappa shape index (κ2) is 6.60. The van der Waals surface area contributed by atoms with Gasteiger partial charge in [0.2, 0.25) is 10.0 Å². The quantitative estimate of drug-likeness (QED) is 0.830. The zero-order valence-electron chi connectivity index (χ0n) is 12.1. The molecule has 0 aromatic carbocycles. The Kier molecular flexibility index (Phi) is 5.61. The van der Waals surface area contributed by atoms with Crippen LogP contribution < -0.4 is 5.73 Å². The van der Waals surface area contributed by atoms with Gasteiger partial charge < -0.3 is 5.73 Å². The van der Waals surface area contributed by atoms with Gasteiger partial charge in [0.25, 0.3) is 0 Å². The van der Waals surface area contributed by atoms with Crippen LogP contribution in [0.2, 0.25) is 0 Å². The van der Waals surface area contributed by atoms with E-state index in [0.29, 0.717) is 19.5 Å². The Labute approximate surface area is 120 Å². The van der Waals surface area contributed by atoms with Crippen LogP contribution in [0.1, 0.15) is 27.2 Å². The fourth-order valence-corrected chi connectivity index (χ4v) is 3.45. The average molecular weight is 303 g/mol. The van der Waals surface area contributed by atoms with Gasteiger partial charge in [0.15, 0.2) is 0 Å². The van der Waals surface area contributed by atoms with Gasteiger partial charge in [-0.2, -0.15) is 4.31 Å². The summed E-state index contributed by atoms with van der Waals surface area (Å²) < 4.78 is 39.6. The molecule has 0 aliphatic carbocycles. The molecule has 0 bridgehead atoms. The van der Waals surface area contributed by atoms with Crippen LogP contribution >= 0.6 is 0 Å². The SMILES string of the molecule is CCCN(CC(C)(C)CN)S(=O)(=O)c1cncc(F)c1. The van der Waals surface area contributed by atoms with Gasteiger partial charge in [0, 0.05) is 19.3 Å². The van der Waals surface area contributed by atoms with E-state index in [-0.39, 0.29) is 16.9 Å². The highest BCUT2D eigenvalue weighted by Crippen LogP contribution is 2.22. The minimum absolute atomic E-state index is 0.126. The molecule has 0 aliphatic rings. The summed E-state index contributed by atoms with van der Waals surface area (Å²) in [5.74, 6) is -0.666. The third kappa shape index (κ3) is 4.22. The van der Waals surface area contributed by atoms with Crippen LogP contribution in [0.15, 0.2) is 23.4 Å². The Bertz CT molecular complexity index is 546. The molecule has 7 heteroatoms. The molecule has 0 amide bonds. The molecule has 1 aromatic rings. The maximum atomic E-state index is 13.2. The smallest absolute Gasteiger partial charge is 0.244 e. The van der Waals surface area contributed by atoms with E-state index in [0.717, 1.165) is 18.5 Å². The lowest BCUT2D eigenvalue weighted by Crippen LogP contribution is -2.42. The van der Waals surface area contributed by atoms with Crippen LogP contribution in [-0.4, -0.2) is 37.3 Å². The van der Waals surface area contributed by atoms with Gasteiger partial charge in [0.1, 0.15) is 10.7 Å². The molecule has 114 valence electrons. The molecule has 0 spiro atoms. The first kappa shape index (κ1) is 17.0. The van der Waals surface area contributed by atoms with Gasteiger partial charge in [-0.25, -0.2) is 12.8 Å². The molecule has 0 unspecified atom stereocenters. The van der Waals surface area contributed by atoms with E-state index >= 15 is 0 Å². The van der Waals surface area contributed by atoms with Crippen LogP contribution in [0.3, 0.4) is 0 Å². The van der Waals surface area contributed by atoms with Gasteiger partial charge in [0.05, 0.1) is 6.20 Å². The highest BCUT2D eigenvalue weighted by atomic mass is 32.2. The minimum atomic E-state index is -3.75. The summed E-state index contributed by atoms with van der Waals surface area (Å²) >= 11 is 0. The number of aromatic nitrogens is 1. The molecule has 20 heavy (non-hydrogen) atoms. The molecule has 0 aliphatic heterocycles. The lowest BCUT2D eigenvalue weighted by Gasteiger charge is -2.30. The van der Waals surface area contributed by atoms with Crippen molar-refractivity contribution in [2.75, 3.05) is 19.6 Å². The Morgan fingerprint density at radius 3 is 2.55 bits per heavy atom. The summed E-state index contributed by atoms with van der Waals surface area (Å²) in [5.41, 5.74) is 5.32. The maximum absolute atomic E-state index is 13.2. The monoisotopic (exact) mass is 303 g/mol. The standard InChI is InChI=1S/C13H22FN3O2S/c1-4-5-17(10-13(2,3)9-15)20(18,19)12-6-11(14)7-16-8-12/h6-8H,4-5,9-10,15H2,1-3H3. The number of sulfonamides is 1. The van der Waals surface area contributed by atoms with Crippen molar-refractivity contribution in [2.24, 2.45) is 11.1 Å². The first-order valence-electron chi connectivity index (χ1n) is 6.54. The average Bonchev–Trinajstić information content (AvgIpc) is 2.38. The fourth-order valence-electron chi connectivity index (χ4n) is 1.76. The van der Waals surface area contributed by atoms with Crippen molar-refractivity contribution in [3.8, 4) is 0 Å². The summed E-state index contributed by atoms with van der Waals surface area (Å²) in [5, 5.41) is 0. The van der Waals surface area contributed by atoms with Crippen LogP contribution in [0.25, 0.3) is 0 Å². The van der Waals surface area contributed by atoms with Crippen molar-refractivity contribution < 1.29 is 12.8 Å². The van der Waals surface area contributed by atoms with E-state index in [4.69, 9.17) is 5.73 Å². The number of rotatable bonds is 7. The number of hydrogen-bond acceptors (Lipinski definition) is 4. The van der Waals surface area contributed by atoms with E-state index in [1.54, 1.807) is 0 Å². The van der Waals surface area contributed by atoms with Crippen molar-refractivity contribution in [2.45, 2.75) is 32.1 Å². The summed E-state index contributed by atoms with van der Waals surface area (Å²) in [6.07, 6.45) is 2.81. The third-order valence-corrected chi connectivity index (χ3v) is 4.76. The summed E-state index contributed by atoms with van der Waals surface area (Å²) in [4.78, 5) is 3.48. The molecule has 1 heterocycles. The van der Waals surface area contributed by atoms with Crippen molar-refractivity contribution in [3.05, 3.63) is 24.3 Å². The largest absolute Gasteiger partial charge is 0.330 e. The molecular formula is C13H22FN3O2S. The molecule has 5 nitrogen and oxygen atoms in total. The van der Waals surface area contributed by atoms with E-state index < -0.39 is 15.8 Å². The van der Waals surface area contributed by atoms with Crippen molar-refractivity contribution in [3.63, 3.8) is 0 Å². The van der Waals surface area contributed by atoms with E-state index in [1.165, 1.54) is 4.31 Å². The summed E-state index contributed by atoms with van der Waals surface area (Å²) in [6.45, 7) is 6.70. The van der Waals surface area contributed by atoms with E-state index in [2.05, 4.69) is 4.98 Å². The molecule has 0 atom stereocenters. The Hall–Kier alpha value is -1.05.